The van der Waals surface area contributed by atoms with Crippen LogP contribution in [0.25, 0.3) is 0 Å². The van der Waals surface area contributed by atoms with Gasteiger partial charge >= 0.3 is 5.97 Å². The number of anilines is 3. The lowest BCUT2D eigenvalue weighted by atomic mass is 10.0. The standard InChI is InChI=1S/C26H25N3O4/c30-24(18-33-26(31)21-8-5-13-27-25(21)28-14-16-32-17-15-28)29-22-9-3-1-6-19(22)11-12-20-7-2-4-10-23(20)29/h1-10,13H,11-12,14-18H2. The number of hydrogen-bond acceptors (Lipinski definition) is 6. The SMILES string of the molecule is O=C(OCC(=O)N1c2ccccc2CCc2ccccc21)c1cccnc1N1CCOCC1. The van der Waals surface area contributed by atoms with Gasteiger partial charge in [-0.1, -0.05) is 36.4 Å². The number of carbonyl (C=O) groups is 2. The predicted molar refractivity (Wildman–Crippen MR) is 125 cm³/mol. The molecule has 0 unspecified atom stereocenters. The number of nitrogens with zero attached hydrogens (tertiary/aromatic N) is 3. The van der Waals surface area contributed by atoms with Crippen molar-refractivity contribution < 1.29 is 19.1 Å². The van der Waals surface area contributed by atoms with E-state index in [9.17, 15) is 9.59 Å². The van der Waals surface area contributed by atoms with Gasteiger partial charge in [0.25, 0.3) is 5.91 Å². The fraction of sp³-hybridized carbons (Fsp3) is 0.269. The molecule has 2 aliphatic heterocycles. The number of rotatable bonds is 4. The summed E-state index contributed by atoms with van der Waals surface area (Å²) in [5, 5.41) is 0. The third-order valence-electron chi connectivity index (χ3n) is 6.02. The van der Waals surface area contributed by atoms with Gasteiger partial charge in [-0.25, -0.2) is 9.78 Å². The molecule has 1 aromatic heterocycles. The summed E-state index contributed by atoms with van der Waals surface area (Å²) in [5.41, 5.74) is 4.20. The minimum Gasteiger partial charge on any atom is -0.452 e. The van der Waals surface area contributed by atoms with E-state index in [1.54, 1.807) is 23.2 Å². The summed E-state index contributed by atoms with van der Waals surface area (Å²) < 4.78 is 10.9. The molecule has 168 valence electrons. The quantitative estimate of drug-likeness (QED) is 0.575. The van der Waals surface area contributed by atoms with Gasteiger partial charge in [0.15, 0.2) is 6.61 Å². The van der Waals surface area contributed by atoms with Crippen LogP contribution in [0.2, 0.25) is 0 Å². The molecular weight excluding hydrogens is 418 g/mol. The zero-order valence-corrected chi connectivity index (χ0v) is 18.3. The summed E-state index contributed by atoms with van der Waals surface area (Å²) in [6, 6.07) is 19.1. The van der Waals surface area contributed by atoms with E-state index < -0.39 is 5.97 Å². The summed E-state index contributed by atoms with van der Waals surface area (Å²) in [7, 11) is 0. The molecule has 3 heterocycles. The van der Waals surface area contributed by atoms with Gasteiger partial charge in [-0.05, 0) is 48.2 Å². The summed E-state index contributed by atoms with van der Waals surface area (Å²) in [6.45, 7) is 2.10. The van der Waals surface area contributed by atoms with Crippen LogP contribution in [-0.4, -0.2) is 49.8 Å². The van der Waals surface area contributed by atoms with E-state index in [0.29, 0.717) is 37.7 Å². The second kappa shape index (κ2) is 9.42. The number of pyridine rings is 1. The molecule has 2 aliphatic rings. The van der Waals surface area contributed by atoms with Crippen LogP contribution >= 0.6 is 0 Å². The molecule has 0 saturated carbocycles. The van der Waals surface area contributed by atoms with Gasteiger partial charge in [0, 0.05) is 19.3 Å². The van der Waals surface area contributed by atoms with Gasteiger partial charge in [0.05, 0.1) is 24.6 Å². The molecule has 0 atom stereocenters. The van der Waals surface area contributed by atoms with Crippen molar-refractivity contribution in [1.82, 2.24) is 4.98 Å². The van der Waals surface area contributed by atoms with Crippen molar-refractivity contribution in [2.75, 3.05) is 42.7 Å². The number of aryl methyl sites for hydroxylation is 2. The lowest BCUT2D eigenvalue weighted by Gasteiger charge is -2.29. The zero-order chi connectivity index (χ0) is 22.6. The van der Waals surface area contributed by atoms with E-state index in [0.717, 1.165) is 35.3 Å². The summed E-state index contributed by atoms with van der Waals surface area (Å²) >= 11 is 0. The average Bonchev–Trinajstić information content (AvgIpc) is 3.04. The van der Waals surface area contributed by atoms with Crippen molar-refractivity contribution in [3.8, 4) is 0 Å². The number of ether oxygens (including phenoxy) is 2. The lowest BCUT2D eigenvalue weighted by molar-refractivity contribution is -0.120. The number of carbonyl (C=O) groups excluding carboxylic acids is 2. The van der Waals surface area contributed by atoms with Crippen LogP contribution in [0, 0.1) is 0 Å². The first-order chi connectivity index (χ1) is 16.2. The first-order valence-corrected chi connectivity index (χ1v) is 11.2. The van der Waals surface area contributed by atoms with Crippen molar-refractivity contribution in [2.45, 2.75) is 12.8 Å². The highest BCUT2D eigenvalue weighted by Crippen LogP contribution is 2.36. The molecule has 33 heavy (non-hydrogen) atoms. The van der Waals surface area contributed by atoms with Gasteiger partial charge in [-0.3, -0.25) is 9.69 Å². The van der Waals surface area contributed by atoms with Crippen molar-refractivity contribution >= 4 is 29.1 Å². The maximum absolute atomic E-state index is 13.4. The largest absolute Gasteiger partial charge is 0.452 e. The molecule has 0 spiro atoms. The zero-order valence-electron chi connectivity index (χ0n) is 18.3. The van der Waals surface area contributed by atoms with Crippen LogP contribution in [0.5, 0.6) is 0 Å². The van der Waals surface area contributed by atoms with Gasteiger partial charge in [0.1, 0.15) is 11.4 Å². The van der Waals surface area contributed by atoms with E-state index in [1.165, 1.54) is 0 Å². The molecule has 0 aliphatic carbocycles. The number of para-hydroxylation sites is 2. The Kier molecular flexibility index (Phi) is 6.04. The predicted octanol–water partition coefficient (Wildman–Crippen LogP) is 3.54. The molecule has 0 N–H and O–H groups in total. The van der Waals surface area contributed by atoms with Crippen LogP contribution in [0.3, 0.4) is 0 Å². The Morgan fingerprint density at radius 3 is 2.18 bits per heavy atom. The number of hydrogen-bond donors (Lipinski definition) is 0. The Balaban J connectivity index is 1.38. The van der Waals surface area contributed by atoms with Gasteiger partial charge in [-0.15, -0.1) is 0 Å². The highest BCUT2D eigenvalue weighted by atomic mass is 16.5. The number of esters is 1. The Hall–Kier alpha value is -3.71. The number of morpholine rings is 1. The van der Waals surface area contributed by atoms with E-state index >= 15 is 0 Å². The van der Waals surface area contributed by atoms with E-state index in [-0.39, 0.29) is 12.5 Å². The molecule has 7 nitrogen and oxygen atoms in total. The summed E-state index contributed by atoms with van der Waals surface area (Å²) in [5.74, 6) is -0.292. The number of amides is 1. The van der Waals surface area contributed by atoms with Crippen molar-refractivity contribution in [3.05, 3.63) is 83.6 Å². The minimum atomic E-state index is -0.561. The van der Waals surface area contributed by atoms with Crippen LogP contribution in [0.15, 0.2) is 66.9 Å². The van der Waals surface area contributed by atoms with E-state index in [2.05, 4.69) is 4.98 Å². The highest BCUT2D eigenvalue weighted by Gasteiger charge is 2.27. The monoisotopic (exact) mass is 443 g/mol. The maximum Gasteiger partial charge on any atom is 0.342 e. The number of aromatic nitrogens is 1. The molecule has 1 fully saturated rings. The van der Waals surface area contributed by atoms with Crippen molar-refractivity contribution in [2.24, 2.45) is 0 Å². The first kappa shape index (κ1) is 21.2. The fourth-order valence-corrected chi connectivity index (χ4v) is 4.40. The molecular formula is C26H25N3O4. The van der Waals surface area contributed by atoms with Gasteiger partial charge in [0.2, 0.25) is 0 Å². The molecule has 1 amide bonds. The molecule has 7 heteroatoms. The molecule has 3 aromatic rings. The Morgan fingerprint density at radius 1 is 0.879 bits per heavy atom. The molecule has 5 rings (SSSR count). The fourth-order valence-electron chi connectivity index (χ4n) is 4.40. The third kappa shape index (κ3) is 4.32. The number of benzene rings is 2. The molecule has 0 radical (unpaired) electrons. The minimum absolute atomic E-state index is 0.290. The van der Waals surface area contributed by atoms with E-state index in [1.807, 2.05) is 53.4 Å². The number of fused-ring (bicyclic) bond motifs is 2. The van der Waals surface area contributed by atoms with Crippen molar-refractivity contribution in [1.29, 1.82) is 0 Å². The van der Waals surface area contributed by atoms with Gasteiger partial charge in [-0.2, -0.15) is 0 Å². The van der Waals surface area contributed by atoms with E-state index in [4.69, 9.17) is 9.47 Å². The summed E-state index contributed by atoms with van der Waals surface area (Å²) in [6.07, 6.45) is 3.34. The normalized spacial score (nSPS) is 15.3. The smallest absolute Gasteiger partial charge is 0.342 e. The van der Waals surface area contributed by atoms with Crippen LogP contribution in [-0.2, 0) is 27.1 Å². The first-order valence-electron chi connectivity index (χ1n) is 11.2. The van der Waals surface area contributed by atoms with Crippen LogP contribution < -0.4 is 9.80 Å². The van der Waals surface area contributed by atoms with Crippen LogP contribution in [0.4, 0.5) is 17.2 Å². The van der Waals surface area contributed by atoms with Crippen molar-refractivity contribution in [3.63, 3.8) is 0 Å². The maximum atomic E-state index is 13.4. The lowest BCUT2D eigenvalue weighted by Crippen LogP contribution is -2.38. The average molecular weight is 444 g/mol. The Bertz CT molecular complexity index is 1130. The third-order valence-corrected chi connectivity index (χ3v) is 6.02. The molecule has 2 aromatic carbocycles. The summed E-state index contributed by atoms with van der Waals surface area (Å²) in [4.78, 5) is 34.4. The second-order valence-corrected chi connectivity index (χ2v) is 8.04. The van der Waals surface area contributed by atoms with Gasteiger partial charge < -0.3 is 14.4 Å². The molecule has 1 saturated heterocycles. The highest BCUT2D eigenvalue weighted by molar-refractivity contribution is 6.04. The van der Waals surface area contributed by atoms with Crippen LogP contribution in [0.1, 0.15) is 21.5 Å². The Morgan fingerprint density at radius 2 is 1.52 bits per heavy atom. The molecule has 0 bridgehead atoms. The Labute approximate surface area is 192 Å². The second-order valence-electron chi connectivity index (χ2n) is 8.04. The topological polar surface area (TPSA) is 72.0 Å².